The van der Waals surface area contributed by atoms with E-state index in [1.807, 2.05) is 0 Å². The maximum absolute atomic E-state index is 15.2. The number of amides is 2. The molecule has 162 valence electrons. The van der Waals surface area contributed by atoms with Crippen molar-refractivity contribution in [1.82, 2.24) is 15.2 Å². The number of piperidine rings is 1. The van der Waals surface area contributed by atoms with Gasteiger partial charge in [0.05, 0.1) is 28.3 Å². The van der Waals surface area contributed by atoms with Gasteiger partial charge >= 0.3 is 6.09 Å². The van der Waals surface area contributed by atoms with Gasteiger partial charge in [-0.25, -0.2) is 9.18 Å². The number of nitrogens with one attached hydrogen (secondary N) is 1. The molecule has 0 bridgehead atoms. The molecule has 1 aliphatic rings. The highest BCUT2D eigenvalue weighted by molar-refractivity contribution is 6.35. The second-order valence-corrected chi connectivity index (χ2v) is 8.93. The van der Waals surface area contributed by atoms with Crippen molar-refractivity contribution in [2.24, 2.45) is 0 Å². The Labute approximate surface area is 179 Å². The first-order valence-electron chi connectivity index (χ1n) is 9.77. The number of rotatable bonds is 3. The fraction of sp³-hybridized carbons (Fsp3) is 0.476. The first kappa shape index (κ1) is 22.1. The van der Waals surface area contributed by atoms with Gasteiger partial charge in [0, 0.05) is 37.5 Å². The lowest BCUT2D eigenvalue weighted by atomic mass is 9.93. The molecule has 0 spiro atoms. The molecule has 0 aliphatic carbocycles. The van der Waals surface area contributed by atoms with Gasteiger partial charge < -0.3 is 20.7 Å². The predicted octanol–water partition coefficient (Wildman–Crippen LogP) is 3.94. The van der Waals surface area contributed by atoms with Crippen LogP contribution in [0.25, 0.3) is 10.9 Å². The first-order valence-corrected chi connectivity index (χ1v) is 10.1. The molecule has 9 heteroatoms. The summed E-state index contributed by atoms with van der Waals surface area (Å²) < 4.78 is 20.6. The quantitative estimate of drug-likeness (QED) is 0.710. The van der Waals surface area contributed by atoms with Crippen molar-refractivity contribution in [2.75, 3.05) is 25.4 Å². The maximum atomic E-state index is 15.2. The zero-order valence-electron chi connectivity index (χ0n) is 17.3. The van der Waals surface area contributed by atoms with Crippen molar-refractivity contribution < 1.29 is 18.7 Å². The molecule has 1 aromatic heterocycles. The van der Waals surface area contributed by atoms with Gasteiger partial charge in [-0.2, -0.15) is 0 Å². The number of nitrogen functional groups attached to an aromatic ring is 1. The van der Waals surface area contributed by atoms with E-state index in [0.29, 0.717) is 16.6 Å². The van der Waals surface area contributed by atoms with Crippen LogP contribution in [0.4, 0.5) is 14.9 Å². The van der Waals surface area contributed by atoms with Crippen molar-refractivity contribution in [3.05, 3.63) is 35.0 Å². The Balaban J connectivity index is 1.64. The van der Waals surface area contributed by atoms with Gasteiger partial charge in [0.15, 0.2) is 0 Å². The number of nitrogens with two attached hydrogens (primary N) is 1. The zero-order valence-corrected chi connectivity index (χ0v) is 18.1. The lowest BCUT2D eigenvalue weighted by Gasteiger charge is -2.37. The summed E-state index contributed by atoms with van der Waals surface area (Å²) in [6.45, 7) is 5.62. The molecule has 1 saturated heterocycles. The number of hydrogen-bond acceptors (Lipinski definition) is 5. The van der Waals surface area contributed by atoms with Crippen LogP contribution < -0.4 is 11.1 Å². The first-order chi connectivity index (χ1) is 14.0. The third-order valence-corrected chi connectivity index (χ3v) is 5.32. The largest absolute Gasteiger partial charge is 0.444 e. The van der Waals surface area contributed by atoms with Crippen LogP contribution in [0.15, 0.2) is 24.4 Å². The smallest absolute Gasteiger partial charge is 0.410 e. The molecule has 2 amide bonds. The molecule has 1 aliphatic heterocycles. The Kier molecular flexibility index (Phi) is 6.08. The van der Waals surface area contributed by atoms with E-state index < -0.39 is 23.3 Å². The molecule has 3 N–H and O–H groups in total. The molecule has 1 aromatic carbocycles. The van der Waals surface area contributed by atoms with E-state index in [4.69, 9.17) is 22.1 Å². The summed E-state index contributed by atoms with van der Waals surface area (Å²) in [5.41, 5.74) is 4.73. The molecule has 0 unspecified atom stereocenters. The predicted molar refractivity (Wildman–Crippen MR) is 114 cm³/mol. The number of benzene rings is 1. The third kappa shape index (κ3) is 4.92. The van der Waals surface area contributed by atoms with E-state index in [-0.39, 0.29) is 43.1 Å². The standard InChI is InChI=1S/C21H26ClFN4O3/c1-20(2,3)30-19(29)27-9-6-21(23,7-10-27)12-26-18(28)14-11-15(22)16(24)13-5-4-8-25-17(13)14/h4-5,8,11H,6-7,9-10,12,24H2,1-3H3,(H,26,28). The Morgan fingerprint density at radius 2 is 2.03 bits per heavy atom. The molecule has 0 radical (unpaired) electrons. The lowest BCUT2D eigenvalue weighted by molar-refractivity contribution is 0.00339. The molecular formula is C21H26ClFN4O3. The third-order valence-electron chi connectivity index (χ3n) is 5.00. The van der Waals surface area contributed by atoms with Crippen molar-refractivity contribution in [3.8, 4) is 0 Å². The van der Waals surface area contributed by atoms with Gasteiger partial charge in [-0.1, -0.05) is 11.6 Å². The summed E-state index contributed by atoms with van der Waals surface area (Å²) in [6, 6.07) is 4.87. The molecule has 7 nitrogen and oxygen atoms in total. The second kappa shape index (κ2) is 8.26. The summed E-state index contributed by atoms with van der Waals surface area (Å²) >= 11 is 6.15. The van der Waals surface area contributed by atoms with E-state index in [1.165, 1.54) is 11.0 Å². The minimum absolute atomic E-state index is 0.105. The average molecular weight is 437 g/mol. The molecule has 0 atom stereocenters. The van der Waals surface area contributed by atoms with Gasteiger partial charge in [-0.15, -0.1) is 0 Å². The van der Waals surface area contributed by atoms with Gasteiger partial charge in [0.2, 0.25) is 0 Å². The number of carbonyl (C=O) groups is 2. The Bertz CT molecular complexity index is 969. The summed E-state index contributed by atoms with van der Waals surface area (Å²) in [5.74, 6) is -0.479. The monoisotopic (exact) mass is 436 g/mol. The van der Waals surface area contributed by atoms with Crippen LogP contribution in [-0.2, 0) is 4.74 Å². The number of hydrogen-bond donors (Lipinski definition) is 2. The lowest BCUT2D eigenvalue weighted by Crippen LogP contribution is -2.50. The van der Waals surface area contributed by atoms with Gasteiger partial charge in [0.1, 0.15) is 11.3 Å². The molecule has 3 rings (SSSR count). The highest BCUT2D eigenvalue weighted by Crippen LogP contribution is 2.31. The number of aromatic nitrogens is 1. The summed E-state index contributed by atoms with van der Waals surface area (Å²) in [6.07, 6.45) is 1.31. The van der Waals surface area contributed by atoms with Gasteiger partial charge in [-0.3, -0.25) is 9.78 Å². The van der Waals surface area contributed by atoms with Crippen molar-refractivity contribution in [1.29, 1.82) is 0 Å². The zero-order chi connectivity index (χ0) is 22.1. The van der Waals surface area contributed by atoms with E-state index in [9.17, 15) is 9.59 Å². The number of halogens is 2. The average Bonchev–Trinajstić information content (AvgIpc) is 2.68. The molecule has 2 heterocycles. The van der Waals surface area contributed by atoms with Crippen molar-refractivity contribution in [2.45, 2.75) is 44.9 Å². The van der Waals surface area contributed by atoms with E-state index in [1.54, 1.807) is 39.1 Å². The number of anilines is 1. The number of nitrogens with zero attached hydrogens (tertiary/aromatic N) is 2. The van der Waals surface area contributed by atoms with Crippen LogP contribution in [0.5, 0.6) is 0 Å². The second-order valence-electron chi connectivity index (χ2n) is 8.52. The Morgan fingerprint density at radius 3 is 2.67 bits per heavy atom. The highest BCUT2D eigenvalue weighted by atomic mass is 35.5. The number of ether oxygens (including phenoxy) is 1. The maximum Gasteiger partial charge on any atom is 0.410 e. The molecule has 30 heavy (non-hydrogen) atoms. The molecule has 1 fully saturated rings. The van der Waals surface area contributed by atoms with Crippen LogP contribution >= 0.6 is 11.6 Å². The SMILES string of the molecule is CC(C)(C)OC(=O)N1CCC(F)(CNC(=O)c2cc(Cl)c(N)c3cccnc23)CC1. The van der Waals surface area contributed by atoms with Gasteiger partial charge in [0.25, 0.3) is 5.91 Å². The van der Waals surface area contributed by atoms with E-state index in [0.717, 1.165) is 0 Å². The molecular weight excluding hydrogens is 411 g/mol. The summed E-state index contributed by atoms with van der Waals surface area (Å²) in [5, 5.41) is 3.45. The number of alkyl halides is 1. The van der Waals surface area contributed by atoms with Crippen LogP contribution in [-0.4, -0.2) is 52.8 Å². The molecule has 2 aromatic rings. The van der Waals surface area contributed by atoms with E-state index >= 15 is 4.39 Å². The van der Waals surface area contributed by atoms with Gasteiger partial charge in [-0.05, 0) is 39.0 Å². The van der Waals surface area contributed by atoms with Crippen molar-refractivity contribution >= 4 is 40.2 Å². The van der Waals surface area contributed by atoms with Crippen LogP contribution in [0, 0.1) is 0 Å². The van der Waals surface area contributed by atoms with Crippen LogP contribution in [0.1, 0.15) is 44.0 Å². The summed E-state index contributed by atoms with van der Waals surface area (Å²) in [7, 11) is 0. The fourth-order valence-corrected chi connectivity index (χ4v) is 3.55. The fourth-order valence-electron chi connectivity index (χ4n) is 3.34. The highest BCUT2D eigenvalue weighted by Gasteiger charge is 2.37. The van der Waals surface area contributed by atoms with E-state index in [2.05, 4.69) is 10.3 Å². The molecule has 0 saturated carbocycles. The topological polar surface area (TPSA) is 97.5 Å². The minimum atomic E-state index is -1.62. The van der Waals surface area contributed by atoms with Crippen LogP contribution in [0.3, 0.4) is 0 Å². The number of likely N-dealkylation sites (tertiary alicyclic amines) is 1. The normalized spacial score (nSPS) is 16.4. The number of pyridine rings is 1. The Hall–Kier alpha value is -2.61. The van der Waals surface area contributed by atoms with Crippen LogP contribution in [0.2, 0.25) is 5.02 Å². The Morgan fingerprint density at radius 1 is 1.37 bits per heavy atom. The summed E-state index contributed by atoms with van der Waals surface area (Å²) in [4.78, 5) is 30.6. The number of fused-ring (bicyclic) bond motifs is 1. The van der Waals surface area contributed by atoms with Crippen molar-refractivity contribution in [3.63, 3.8) is 0 Å². The number of carbonyl (C=O) groups excluding carboxylic acids is 2. The minimum Gasteiger partial charge on any atom is -0.444 e.